The van der Waals surface area contributed by atoms with Gasteiger partial charge in [0.05, 0.1) is 10.7 Å². The largest absolute Gasteiger partial charge is 0.310 e. The van der Waals surface area contributed by atoms with Crippen molar-refractivity contribution in [3.05, 3.63) is 15.6 Å². The lowest BCUT2D eigenvalue weighted by molar-refractivity contribution is 0.590. The van der Waals surface area contributed by atoms with E-state index in [-0.39, 0.29) is 0 Å². The third-order valence-electron chi connectivity index (χ3n) is 2.73. The standard InChI is InChI=1S/C12H20N2S/c1-4-10-11(7-13-8(2)3)15-12(14-10)9-5-6-9/h8-9,13H,4-7H2,1-3H3. The molecule has 15 heavy (non-hydrogen) atoms. The summed E-state index contributed by atoms with van der Waals surface area (Å²) < 4.78 is 0. The van der Waals surface area contributed by atoms with Gasteiger partial charge in [0, 0.05) is 23.4 Å². The first-order valence-electron chi connectivity index (χ1n) is 5.92. The zero-order valence-corrected chi connectivity index (χ0v) is 10.7. The fraction of sp³-hybridized carbons (Fsp3) is 0.750. The predicted octanol–water partition coefficient (Wildman–Crippen LogP) is 3.08. The van der Waals surface area contributed by atoms with Gasteiger partial charge in [0.1, 0.15) is 0 Å². The van der Waals surface area contributed by atoms with E-state index in [4.69, 9.17) is 4.98 Å². The van der Waals surface area contributed by atoms with Gasteiger partial charge in [-0.2, -0.15) is 0 Å². The number of nitrogens with one attached hydrogen (secondary N) is 1. The Balaban J connectivity index is 2.06. The highest BCUT2D eigenvalue weighted by Gasteiger charge is 2.27. The van der Waals surface area contributed by atoms with E-state index < -0.39 is 0 Å². The van der Waals surface area contributed by atoms with Crippen LogP contribution in [0.5, 0.6) is 0 Å². The first kappa shape index (κ1) is 11.1. The molecule has 0 aliphatic heterocycles. The van der Waals surface area contributed by atoms with Gasteiger partial charge < -0.3 is 5.32 Å². The maximum absolute atomic E-state index is 4.75. The van der Waals surface area contributed by atoms with Gasteiger partial charge >= 0.3 is 0 Å². The molecule has 1 fully saturated rings. The van der Waals surface area contributed by atoms with Crippen molar-refractivity contribution in [3.8, 4) is 0 Å². The first-order chi connectivity index (χ1) is 7.20. The molecule has 0 saturated heterocycles. The highest BCUT2D eigenvalue weighted by molar-refractivity contribution is 7.11. The van der Waals surface area contributed by atoms with Crippen molar-refractivity contribution in [2.45, 2.75) is 58.5 Å². The van der Waals surface area contributed by atoms with Crippen LogP contribution < -0.4 is 5.32 Å². The Morgan fingerprint density at radius 2 is 2.20 bits per heavy atom. The molecule has 1 saturated carbocycles. The van der Waals surface area contributed by atoms with Gasteiger partial charge in [0.2, 0.25) is 0 Å². The summed E-state index contributed by atoms with van der Waals surface area (Å²) in [6, 6.07) is 0.557. The van der Waals surface area contributed by atoms with E-state index in [1.165, 1.54) is 28.4 Å². The summed E-state index contributed by atoms with van der Waals surface area (Å²) in [7, 11) is 0. The molecule has 2 nitrogen and oxygen atoms in total. The number of aromatic nitrogens is 1. The van der Waals surface area contributed by atoms with E-state index >= 15 is 0 Å². The van der Waals surface area contributed by atoms with Crippen molar-refractivity contribution >= 4 is 11.3 Å². The van der Waals surface area contributed by atoms with Crippen molar-refractivity contribution in [3.63, 3.8) is 0 Å². The van der Waals surface area contributed by atoms with Crippen LogP contribution in [0.2, 0.25) is 0 Å². The van der Waals surface area contributed by atoms with Crippen molar-refractivity contribution < 1.29 is 0 Å². The monoisotopic (exact) mass is 224 g/mol. The Bertz CT molecular complexity index is 326. The number of hydrogen-bond donors (Lipinski definition) is 1. The molecule has 0 amide bonds. The summed E-state index contributed by atoms with van der Waals surface area (Å²) in [5, 5.41) is 4.86. The van der Waals surface area contributed by atoms with Crippen LogP contribution in [0.1, 0.15) is 55.1 Å². The van der Waals surface area contributed by atoms with Crippen LogP contribution in [0.15, 0.2) is 0 Å². The zero-order chi connectivity index (χ0) is 10.8. The molecule has 0 radical (unpaired) electrons. The minimum Gasteiger partial charge on any atom is -0.310 e. The van der Waals surface area contributed by atoms with Gasteiger partial charge in [-0.05, 0) is 19.3 Å². The van der Waals surface area contributed by atoms with E-state index in [1.54, 1.807) is 0 Å². The van der Waals surface area contributed by atoms with Gasteiger partial charge in [0.15, 0.2) is 0 Å². The summed E-state index contributed by atoms with van der Waals surface area (Å²) in [4.78, 5) is 6.20. The quantitative estimate of drug-likeness (QED) is 0.831. The zero-order valence-electron chi connectivity index (χ0n) is 9.84. The summed E-state index contributed by atoms with van der Waals surface area (Å²) in [6.45, 7) is 7.57. The maximum atomic E-state index is 4.75. The van der Waals surface area contributed by atoms with Gasteiger partial charge in [-0.25, -0.2) is 4.98 Å². The average Bonchev–Trinajstić information content (AvgIpc) is 2.96. The van der Waals surface area contributed by atoms with Crippen molar-refractivity contribution in [1.29, 1.82) is 0 Å². The molecule has 0 atom stereocenters. The van der Waals surface area contributed by atoms with E-state index in [2.05, 4.69) is 26.1 Å². The normalized spacial score (nSPS) is 16.3. The molecule has 84 valence electrons. The SMILES string of the molecule is CCc1nc(C2CC2)sc1CNC(C)C. The number of rotatable bonds is 5. The van der Waals surface area contributed by atoms with E-state index in [9.17, 15) is 0 Å². The van der Waals surface area contributed by atoms with Gasteiger partial charge in [-0.15, -0.1) is 11.3 Å². The maximum Gasteiger partial charge on any atom is 0.0962 e. The molecular weight excluding hydrogens is 204 g/mol. The molecule has 0 unspecified atom stereocenters. The third kappa shape index (κ3) is 2.79. The second-order valence-corrected chi connectivity index (χ2v) is 5.70. The summed E-state index contributed by atoms with van der Waals surface area (Å²) in [6.07, 6.45) is 3.78. The molecule has 1 aromatic heterocycles. The van der Waals surface area contributed by atoms with Gasteiger partial charge in [-0.1, -0.05) is 20.8 Å². The van der Waals surface area contributed by atoms with Crippen molar-refractivity contribution in [1.82, 2.24) is 10.3 Å². The third-order valence-corrected chi connectivity index (χ3v) is 3.99. The van der Waals surface area contributed by atoms with Gasteiger partial charge in [-0.3, -0.25) is 0 Å². The molecule has 3 heteroatoms. The van der Waals surface area contributed by atoms with Crippen LogP contribution >= 0.6 is 11.3 Å². The highest BCUT2D eigenvalue weighted by Crippen LogP contribution is 2.42. The molecule has 1 N–H and O–H groups in total. The van der Waals surface area contributed by atoms with Crippen LogP contribution in [0, 0.1) is 0 Å². The second-order valence-electron chi connectivity index (χ2n) is 4.59. The Kier molecular flexibility index (Phi) is 3.42. The summed E-state index contributed by atoms with van der Waals surface area (Å²) in [5.74, 6) is 0.799. The Hall–Kier alpha value is -0.410. The molecule has 0 bridgehead atoms. The lowest BCUT2D eigenvalue weighted by Gasteiger charge is -2.06. The van der Waals surface area contributed by atoms with Crippen LogP contribution in [0.25, 0.3) is 0 Å². The topological polar surface area (TPSA) is 24.9 Å². The molecule has 1 heterocycles. The van der Waals surface area contributed by atoms with Crippen LogP contribution in [-0.4, -0.2) is 11.0 Å². The van der Waals surface area contributed by atoms with Crippen LogP contribution in [0.4, 0.5) is 0 Å². The summed E-state index contributed by atoms with van der Waals surface area (Å²) >= 11 is 1.92. The highest BCUT2D eigenvalue weighted by atomic mass is 32.1. The van der Waals surface area contributed by atoms with Crippen LogP contribution in [0.3, 0.4) is 0 Å². The molecule has 1 aliphatic rings. The lowest BCUT2D eigenvalue weighted by Crippen LogP contribution is -2.21. The number of hydrogen-bond acceptors (Lipinski definition) is 3. The fourth-order valence-corrected chi connectivity index (χ4v) is 2.89. The van der Waals surface area contributed by atoms with Gasteiger partial charge in [0.25, 0.3) is 0 Å². The molecule has 0 spiro atoms. The second kappa shape index (κ2) is 4.62. The van der Waals surface area contributed by atoms with E-state index in [0.29, 0.717) is 6.04 Å². The predicted molar refractivity (Wildman–Crippen MR) is 65.4 cm³/mol. The average molecular weight is 224 g/mol. The minimum absolute atomic E-state index is 0.557. The minimum atomic E-state index is 0.557. The van der Waals surface area contributed by atoms with Crippen molar-refractivity contribution in [2.24, 2.45) is 0 Å². The number of nitrogens with zero attached hydrogens (tertiary/aromatic N) is 1. The molecule has 2 rings (SSSR count). The molecule has 1 aromatic rings. The van der Waals surface area contributed by atoms with E-state index in [1.807, 2.05) is 11.3 Å². The Labute approximate surface area is 96.1 Å². The molecular formula is C12H20N2S. The molecule has 0 aromatic carbocycles. The van der Waals surface area contributed by atoms with Crippen molar-refractivity contribution in [2.75, 3.05) is 0 Å². The molecule has 1 aliphatic carbocycles. The van der Waals surface area contributed by atoms with E-state index in [0.717, 1.165) is 18.9 Å². The Morgan fingerprint density at radius 1 is 1.47 bits per heavy atom. The smallest absolute Gasteiger partial charge is 0.0962 e. The summed E-state index contributed by atoms with van der Waals surface area (Å²) in [5.41, 5.74) is 1.31. The number of aryl methyl sites for hydroxylation is 1. The fourth-order valence-electron chi connectivity index (χ4n) is 1.62. The lowest BCUT2D eigenvalue weighted by atomic mass is 10.3. The van der Waals surface area contributed by atoms with Crippen LogP contribution in [-0.2, 0) is 13.0 Å². The number of thiazole rings is 1. The Morgan fingerprint density at radius 3 is 2.73 bits per heavy atom. The first-order valence-corrected chi connectivity index (χ1v) is 6.74.